The Labute approximate surface area is 176 Å². The van der Waals surface area contributed by atoms with E-state index in [0.717, 1.165) is 13.8 Å². The van der Waals surface area contributed by atoms with E-state index in [-0.39, 0.29) is 6.42 Å². The van der Waals surface area contributed by atoms with Gasteiger partial charge >= 0.3 is 23.9 Å². The van der Waals surface area contributed by atoms with Crippen LogP contribution in [0.2, 0.25) is 0 Å². The first-order valence-electron chi connectivity index (χ1n) is 9.53. The third-order valence-corrected chi connectivity index (χ3v) is 4.16. The van der Waals surface area contributed by atoms with Gasteiger partial charge in [0.2, 0.25) is 12.4 Å². The molecule has 0 saturated carbocycles. The van der Waals surface area contributed by atoms with Crippen LogP contribution in [0.1, 0.15) is 40.5 Å². The van der Waals surface area contributed by atoms with Crippen molar-refractivity contribution in [1.29, 1.82) is 0 Å². The number of rotatable bonds is 9. The standard InChI is InChI=1S/C20H29NO9/c1-7-10-21(6)11-8-9-16(25)30-20-19(29-15(5)24)18(28-14(4)23)17(12(2)26-20)27-13(3)22/h1,12,17-20H,8-11H2,2-6H3. The highest BCUT2D eigenvalue weighted by molar-refractivity contribution is 5.70. The Morgan fingerprint density at radius 1 is 0.933 bits per heavy atom. The lowest BCUT2D eigenvalue weighted by Gasteiger charge is -2.42. The molecule has 0 amide bonds. The largest absolute Gasteiger partial charge is 0.456 e. The van der Waals surface area contributed by atoms with Gasteiger partial charge in [0, 0.05) is 27.2 Å². The third-order valence-electron chi connectivity index (χ3n) is 4.16. The molecule has 1 heterocycles. The molecule has 0 radical (unpaired) electrons. The quantitative estimate of drug-likeness (QED) is 0.291. The summed E-state index contributed by atoms with van der Waals surface area (Å²) in [5.74, 6) is -0.132. The number of hydrogen-bond acceptors (Lipinski definition) is 10. The normalized spacial score (nSPS) is 25.7. The van der Waals surface area contributed by atoms with Gasteiger partial charge in [0.15, 0.2) is 12.2 Å². The topological polar surface area (TPSA) is 118 Å². The van der Waals surface area contributed by atoms with Gasteiger partial charge in [0.25, 0.3) is 0 Å². The van der Waals surface area contributed by atoms with Gasteiger partial charge < -0.3 is 23.7 Å². The lowest BCUT2D eigenvalue weighted by atomic mass is 9.99. The molecule has 0 bridgehead atoms. The Balaban J connectivity index is 2.93. The van der Waals surface area contributed by atoms with Crippen LogP contribution in [0.4, 0.5) is 0 Å². The maximum atomic E-state index is 12.3. The highest BCUT2D eigenvalue weighted by Gasteiger charge is 2.51. The van der Waals surface area contributed by atoms with Crippen LogP contribution < -0.4 is 0 Å². The number of nitrogens with zero attached hydrogens (tertiary/aromatic N) is 1. The molecule has 10 nitrogen and oxygen atoms in total. The lowest BCUT2D eigenvalue weighted by Crippen LogP contribution is -2.61. The molecule has 0 aromatic carbocycles. The van der Waals surface area contributed by atoms with Crippen LogP contribution in [0.25, 0.3) is 0 Å². The minimum atomic E-state index is -1.34. The molecule has 168 valence electrons. The Morgan fingerprint density at radius 2 is 1.47 bits per heavy atom. The van der Waals surface area contributed by atoms with Crippen molar-refractivity contribution in [2.24, 2.45) is 0 Å². The van der Waals surface area contributed by atoms with Crippen molar-refractivity contribution in [3.63, 3.8) is 0 Å². The Hall–Kier alpha value is -2.64. The lowest BCUT2D eigenvalue weighted by molar-refractivity contribution is -0.293. The molecule has 1 fully saturated rings. The van der Waals surface area contributed by atoms with Gasteiger partial charge in [-0.3, -0.25) is 24.1 Å². The van der Waals surface area contributed by atoms with E-state index < -0.39 is 54.6 Å². The van der Waals surface area contributed by atoms with Crippen molar-refractivity contribution in [2.75, 3.05) is 20.1 Å². The van der Waals surface area contributed by atoms with E-state index in [9.17, 15) is 19.2 Å². The van der Waals surface area contributed by atoms with Gasteiger partial charge in [-0.05, 0) is 26.9 Å². The summed E-state index contributed by atoms with van der Waals surface area (Å²) in [6, 6.07) is 0. The zero-order valence-corrected chi connectivity index (χ0v) is 17.9. The van der Waals surface area contributed by atoms with Gasteiger partial charge in [-0.15, -0.1) is 6.42 Å². The number of hydrogen-bond donors (Lipinski definition) is 0. The predicted molar refractivity (Wildman–Crippen MR) is 103 cm³/mol. The molecule has 0 aromatic rings. The smallest absolute Gasteiger partial charge is 0.308 e. The number of terminal acetylenes is 1. The number of carbonyl (C=O) groups is 4. The van der Waals surface area contributed by atoms with Gasteiger partial charge in [-0.25, -0.2) is 0 Å². The predicted octanol–water partition coefficient (Wildman–Crippen LogP) is 0.415. The summed E-state index contributed by atoms with van der Waals surface area (Å²) in [5.41, 5.74) is 0. The molecule has 10 heteroatoms. The maximum Gasteiger partial charge on any atom is 0.308 e. The van der Waals surface area contributed by atoms with E-state index in [2.05, 4.69) is 5.92 Å². The molecular formula is C20H29NO9. The van der Waals surface area contributed by atoms with Crippen molar-refractivity contribution in [3.8, 4) is 12.3 Å². The Morgan fingerprint density at radius 3 is 2.00 bits per heavy atom. The first-order chi connectivity index (χ1) is 14.0. The first kappa shape index (κ1) is 25.4. The van der Waals surface area contributed by atoms with Crippen LogP contribution in [-0.2, 0) is 42.9 Å². The van der Waals surface area contributed by atoms with E-state index in [0.29, 0.717) is 19.5 Å². The van der Waals surface area contributed by atoms with Gasteiger partial charge in [0.1, 0.15) is 0 Å². The van der Waals surface area contributed by atoms with E-state index in [1.807, 2.05) is 11.9 Å². The maximum absolute atomic E-state index is 12.3. The Kier molecular flexibility index (Phi) is 10.3. The fourth-order valence-electron chi connectivity index (χ4n) is 2.98. The summed E-state index contributed by atoms with van der Waals surface area (Å²) in [6.07, 6.45) is 0.0848. The fourth-order valence-corrected chi connectivity index (χ4v) is 2.98. The van der Waals surface area contributed by atoms with E-state index in [4.69, 9.17) is 30.1 Å². The highest BCUT2D eigenvalue weighted by atomic mass is 16.7. The SMILES string of the molecule is C#CCN(C)CCCC(=O)OC1OC(C)C(OC(C)=O)C(OC(C)=O)C1OC(C)=O. The summed E-state index contributed by atoms with van der Waals surface area (Å²) in [7, 11) is 1.83. The fraction of sp³-hybridized carbons (Fsp3) is 0.700. The summed E-state index contributed by atoms with van der Waals surface area (Å²) in [5, 5.41) is 0. The van der Waals surface area contributed by atoms with Gasteiger partial charge in [0.05, 0.1) is 12.6 Å². The second-order valence-electron chi connectivity index (χ2n) is 6.97. The molecule has 0 aliphatic carbocycles. The summed E-state index contributed by atoms with van der Waals surface area (Å²) < 4.78 is 26.7. The van der Waals surface area contributed by atoms with Crippen molar-refractivity contribution < 1.29 is 42.9 Å². The molecule has 0 N–H and O–H groups in total. The van der Waals surface area contributed by atoms with Crippen molar-refractivity contribution >= 4 is 23.9 Å². The minimum absolute atomic E-state index is 0.0710. The number of ether oxygens (including phenoxy) is 5. The molecule has 1 rings (SSSR count). The Bertz CT molecular complexity index is 672. The molecule has 0 aromatic heterocycles. The molecule has 1 saturated heterocycles. The average Bonchev–Trinajstić information content (AvgIpc) is 2.60. The van der Waals surface area contributed by atoms with Gasteiger partial charge in [-0.2, -0.15) is 0 Å². The highest BCUT2D eigenvalue weighted by Crippen LogP contribution is 2.29. The van der Waals surface area contributed by atoms with Crippen LogP contribution in [-0.4, -0.2) is 79.6 Å². The molecule has 1 aliphatic heterocycles. The minimum Gasteiger partial charge on any atom is -0.456 e. The van der Waals surface area contributed by atoms with Crippen LogP contribution in [0.15, 0.2) is 0 Å². The zero-order valence-electron chi connectivity index (χ0n) is 17.9. The van der Waals surface area contributed by atoms with Crippen molar-refractivity contribution in [3.05, 3.63) is 0 Å². The van der Waals surface area contributed by atoms with E-state index >= 15 is 0 Å². The summed E-state index contributed by atoms with van der Waals surface area (Å²) in [6.45, 7) is 6.08. The van der Waals surface area contributed by atoms with Crippen molar-refractivity contribution in [2.45, 2.75) is 71.2 Å². The second kappa shape index (κ2) is 12.1. The van der Waals surface area contributed by atoms with Crippen LogP contribution >= 0.6 is 0 Å². The zero-order chi connectivity index (χ0) is 22.8. The van der Waals surface area contributed by atoms with E-state index in [1.54, 1.807) is 6.92 Å². The monoisotopic (exact) mass is 427 g/mol. The second-order valence-corrected chi connectivity index (χ2v) is 6.97. The van der Waals surface area contributed by atoms with Crippen LogP contribution in [0.3, 0.4) is 0 Å². The molecular weight excluding hydrogens is 398 g/mol. The first-order valence-corrected chi connectivity index (χ1v) is 9.53. The van der Waals surface area contributed by atoms with Gasteiger partial charge in [-0.1, -0.05) is 5.92 Å². The van der Waals surface area contributed by atoms with Crippen molar-refractivity contribution in [1.82, 2.24) is 4.90 Å². The number of carbonyl (C=O) groups excluding carboxylic acids is 4. The summed E-state index contributed by atoms with van der Waals surface area (Å²) >= 11 is 0. The molecule has 30 heavy (non-hydrogen) atoms. The molecule has 1 aliphatic rings. The molecule has 0 spiro atoms. The third kappa shape index (κ3) is 8.39. The molecule has 5 unspecified atom stereocenters. The van der Waals surface area contributed by atoms with E-state index in [1.165, 1.54) is 6.92 Å². The van der Waals surface area contributed by atoms with Crippen LogP contribution in [0, 0.1) is 12.3 Å². The molecule has 5 atom stereocenters. The van der Waals surface area contributed by atoms with Crippen LogP contribution in [0.5, 0.6) is 0 Å². The number of esters is 4. The average molecular weight is 427 g/mol. The summed E-state index contributed by atoms with van der Waals surface area (Å²) in [4.78, 5) is 48.8.